The molecule has 1 fully saturated rings. The van der Waals surface area contributed by atoms with Crippen LogP contribution in [0.3, 0.4) is 0 Å². The van der Waals surface area contributed by atoms with Gasteiger partial charge in [-0.25, -0.2) is 0 Å². The molecule has 1 N–H and O–H groups in total. The molecule has 1 aliphatic heterocycles. The van der Waals surface area contributed by atoms with Crippen LogP contribution in [-0.2, 0) is 9.59 Å². The second-order valence-corrected chi connectivity index (χ2v) is 7.15. The minimum atomic E-state index is -0.755. The molecule has 1 heterocycles. The van der Waals surface area contributed by atoms with Gasteiger partial charge in [0.1, 0.15) is 11.6 Å². The molecule has 20 heavy (non-hydrogen) atoms. The molecule has 0 aliphatic carbocycles. The van der Waals surface area contributed by atoms with Gasteiger partial charge in [0, 0.05) is 11.3 Å². The van der Waals surface area contributed by atoms with Gasteiger partial charge in [-0.2, -0.15) is 11.8 Å². The molecule has 0 spiro atoms. The highest BCUT2D eigenvalue weighted by molar-refractivity contribution is 8.00. The molecule has 1 rings (SSSR count). The zero-order valence-corrected chi connectivity index (χ0v) is 14.4. The van der Waals surface area contributed by atoms with E-state index in [9.17, 15) is 9.59 Å². The summed E-state index contributed by atoms with van der Waals surface area (Å²) in [6.07, 6.45) is 4.69. The van der Waals surface area contributed by atoms with Crippen molar-refractivity contribution < 1.29 is 9.59 Å². The minimum absolute atomic E-state index is 0.0379. The van der Waals surface area contributed by atoms with Crippen molar-refractivity contribution in [2.75, 3.05) is 12.8 Å². The van der Waals surface area contributed by atoms with Crippen LogP contribution in [0.2, 0.25) is 0 Å². The van der Waals surface area contributed by atoms with Crippen LogP contribution < -0.4 is 5.32 Å². The SMILES string of the molecule is CCC(CC)(CN1C(=O)C(C)(CC)NC(=O)C1C)SC. The summed E-state index contributed by atoms with van der Waals surface area (Å²) in [5.74, 6) is 0.00332. The van der Waals surface area contributed by atoms with Gasteiger partial charge >= 0.3 is 0 Å². The van der Waals surface area contributed by atoms with E-state index in [4.69, 9.17) is 0 Å². The number of amides is 2. The van der Waals surface area contributed by atoms with E-state index >= 15 is 0 Å². The molecule has 0 aromatic rings. The van der Waals surface area contributed by atoms with Crippen LogP contribution in [0.1, 0.15) is 53.9 Å². The summed E-state index contributed by atoms with van der Waals surface area (Å²) in [7, 11) is 0. The lowest BCUT2D eigenvalue weighted by Gasteiger charge is -2.46. The standard InChI is InChI=1S/C15H28N2O2S/c1-7-14(5)13(19)17(11(4)12(18)16-14)10-15(8-2,9-3)20-6/h11H,7-10H2,1-6H3,(H,16,18). The third kappa shape index (κ3) is 2.97. The highest BCUT2D eigenvalue weighted by atomic mass is 32.2. The Morgan fingerprint density at radius 2 is 1.85 bits per heavy atom. The van der Waals surface area contributed by atoms with Crippen LogP contribution >= 0.6 is 11.8 Å². The molecular formula is C15H28N2O2S. The fourth-order valence-corrected chi connectivity index (χ4v) is 3.50. The molecule has 116 valence electrons. The van der Waals surface area contributed by atoms with Crippen molar-refractivity contribution in [3.8, 4) is 0 Å². The third-order valence-corrected chi connectivity index (χ3v) is 6.44. The zero-order chi connectivity index (χ0) is 15.6. The molecule has 0 aromatic carbocycles. The van der Waals surface area contributed by atoms with Gasteiger partial charge in [-0.05, 0) is 39.4 Å². The Morgan fingerprint density at radius 1 is 1.30 bits per heavy atom. The van der Waals surface area contributed by atoms with Gasteiger partial charge < -0.3 is 10.2 Å². The number of piperazine rings is 1. The summed E-state index contributed by atoms with van der Waals surface area (Å²) in [5, 5.41) is 2.87. The smallest absolute Gasteiger partial charge is 0.248 e. The Labute approximate surface area is 127 Å². The first-order chi connectivity index (χ1) is 9.29. The predicted octanol–water partition coefficient (Wildman–Crippen LogP) is 2.42. The van der Waals surface area contributed by atoms with Crippen LogP contribution in [0.4, 0.5) is 0 Å². The number of hydrogen-bond donors (Lipinski definition) is 1. The minimum Gasteiger partial charge on any atom is -0.340 e. The van der Waals surface area contributed by atoms with E-state index in [0.717, 1.165) is 12.8 Å². The Bertz CT molecular complexity index is 374. The van der Waals surface area contributed by atoms with E-state index in [1.165, 1.54) is 0 Å². The lowest BCUT2D eigenvalue weighted by molar-refractivity contribution is -0.154. The fraction of sp³-hybridized carbons (Fsp3) is 0.867. The molecular weight excluding hydrogens is 272 g/mol. The molecule has 0 bridgehead atoms. The lowest BCUT2D eigenvalue weighted by Crippen LogP contribution is -2.69. The maximum atomic E-state index is 12.8. The quantitative estimate of drug-likeness (QED) is 0.819. The van der Waals surface area contributed by atoms with Crippen LogP contribution in [0.15, 0.2) is 0 Å². The van der Waals surface area contributed by atoms with E-state index in [2.05, 4.69) is 25.4 Å². The number of hydrogen-bond acceptors (Lipinski definition) is 3. The van der Waals surface area contributed by atoms with Gasteiger partial charge in [-0.15, -0.1) is 0 Å². The monoisotopic (exact) mass is 300 g/mol. The van der Waals surface area contributed by atoms with Crippen molar-refractivity contribution in [2.24, 2.45) is 0 Å². The highest BCUT2D eigenvalue weighted by Crippen LogP contribution is 2.34. The van der Waals surface area contributed by atoms with E-state index in [1.54, 1.807) is 16.7 Å². The maximum absolute atomic E-state index is 12.8. The molecule has 1 saturated heterocycles. The fourth-order valence-electron chi connectivity index (χ4n) is 2.65. The predicted molar refractivity (Wildman–Crippen MR) is 84.8 cm³/mol. The van der Waals surface area contributed by atoms with Crippen molar-refractivity contribution >= 4 is 23.6 Å². The Hall–Kier alpha value is -0.710. The lowest BCUT2D eigenvalue weighted by atomic mass is 9.90. The number of carbonyl (C=O) groups is 2. The van der Waals surface area contributed by atoms with Gasteiger partial charge in [0.25, 0.3) is 0 Å². The van der Waals surface area contributed by atoms with Crippen molar-refractivity contribution in [3.05, 3.63) is 0 Å². The second-order valence-electron chi connectivity index (χ2n) is 5.88. The van der Waals surface area contributed by atoms with Crippen molar-refractivity contribution in [1.82, 2.24) is 10.2 Å². The molecule has 1 aliphatic rings. The Kier molecular flexibility index (Phi) is 5.53. The number of nitrogens with zero attached hydrogens (tertiary/aromatic N) is 1. The molecule has 2 amide bonds. The van der Waals surface area contributed by atoms with Crippen LogP contribution in [0.25, 0.3) is 0 Å². The van der Waals surface area contributed by atoms with E-state index < -0.39 is 5.54 Å². The topological polar surface area (TPSA) is 49.4 Å². The average molecular weight is 300 g/mol. The molecule has 2 atom stereocenters. The van der Waals surface area contributed by atoms with Crippen molar-refractivity contribution in [2.45, 2.75) is 70.2 Å². The van der Waals surface area contributed by atoms with Gasteiger partial charge in [-0.1, -0.05) is 20.8 Å². The van der Waals surface area contributed by atoms with E-state index in [-0.39, 0.29) is 22.6 Å². The van der Waals surface area contributed by atoms with Gasteiger partial charge in [0.2, 0.25) is 11.8 Å². The average Bonchev–Trinajstić information content (AvgIpc) is 2.46. The van der Waals surface area contributed by atoms with E-state index in [1.807, 2.05) is 20.8 Å². The molecule has 2 unspecified atom stereocenters. The summed E-state index contributed by atoms with van der Waals surface area (Å²) in [5.41, 5.74) is -0.755. The largest absolute Gasteiger partial charge is 0.340 e. The second kappa shape index (κ2) is 6.37. The summed E-state index contributed by atoms with van der Waals surface area (Å²) >= 11 is 1.80. The van der Waals surface area contributed by atoms with Crippen molar-refractivity contribution in [3.63, 3.8) is 0 Å². The summed E-state index contributed by atoms with van der Waals surface area (Å²) < 4.78 is 0.0379. The number of carbonyl (C=O) groups excluding carboxylic acids is 2. The molecule has 4 nitrogen and oxygen atoms in total. The molecule has 5 heteroatoms. The molecule has 0 aromatic heterocycles. The normalized spacial score (nSPS) is 27.7. The first-order valence-corrected chi connectivity index (χ1v) is 8.69. The first kappa shape index (κ1) is 17.3. The maximum Gasteiger partial charge on any atom is 0.248 e. The van der Waals surface area contributed by atoms with Crippen LogP contribution in [0, 0.1) is 0 Å². The summed E-state index contributed by atoms with van der Waals surface area (Å²) in [6.45, 7) is 10.5. The van der Waals surface area contributed by atoms with Crippen LogP contribution in [0.5, 0.6) is 0 Å². The Balaban J connectivity index is 3.07. The third-order valence-electron chi connectivity index (χ3n) is 4.87. The number of nitrogens with one attached hydrogen (secondary N) is 1. The summed E-state index contributed by atoms with van der Waals surface area (Å²) in [6, 6.07) is -0.383. The molecule has 0 radical (unpaired) electrons. The number of thioether (sulfide) groups is 1. The zero-order valence-electron chi connectivity index (χ0n) is 13.6. The summed E-state index contributed by atoms with van der Waals surface area (Å²) in [4.78, 5) is 26.7. The van der Waals surface area contributed by atoms with Crippen LogP contribution in [-0.4, -0.2) is 45.8 Å². The number of rotatable bonds is 6. The van der Waals surface area contributed by atoms with E-state index in [0.29, 0.717) is 13.0 Å². The van der Waals surface area contributed by atoms with Gasteiger partial charge in [-0.3, -0.25) is 9.59 Å². The molecule has 0 saturated carbocycles. The first-order valence-electron chi connectivity index (χ1n) is 7.47. The van der Waals surface area contributed by atoms with Gasteiger partial charge in [0.15, 0.2) is 0 Å². The van der Waals surface area contributed by atoms with Gasteiger partial charge in [0.05, 0.1) is 0 Å². The van der Waals surface area contributed by atoms with Crippen molar-refractivity contribution in [1.29, 1.82) is 0 Å². The highest BCUT2D eigenvalue weighted by Gasteiger charge is 2.47. The Morgan fingerprint density at radius 3 is 2.25 bits per heavy atom.